The molecule has 0 bridgehead atoms. The second-order valence-corrected chi connectivity index (χ2v) is 6.25. The minimum atomic E-state index is -0.178. The summed E-state index contributed by atoms with van der Waals surface area (Å²) >= 11 is 0. The Balaban J connectivity index is 1.63. The first kappa shape index (κ1) is 17.0. The Morgan fingerprint density at radius 1 is 1.24 bits per heavy atom. The Labute approximate surface area is 146 Å². The van der Waals surface area contributed by atoms with Crippen LogP contribution < -0.4 is 5.32 Å². The van der Waals surface area contributed by atoms with E-state index in [-0.39, 0.29) is 11.8 Å². The number of nitrogens with zero attached hydrogens (tertiary/aromatic N) is 3. The van der Waals surface area contributed by atoms with Gasteiger partial charge in [-0.3, -0.25) is 9.59 Å². The van der Waals surface area contributed by atoms with Crippen molar-refractivity contribution in [2.45, 2.75) is 19.4 Å². The molecule has 2 aromatic rings. The number of hydrogen-bond donors (Lipinski definition) is 1. The molecule has 2 amide bonds. The van der Waals surface area contributed by atoms with Gasteiger partial charge in [0.2, 0.25) is 0 Å². The zero-order valence-electron chi connectivity index (χ0n) is 14.5. The first-order valence-corrected chi connectivity index (χ1v) is 8.34. The highest BCUT2D eigenvalue weighted by molar-refractivity contribution is 5.95. The maximum Gasteiger partial charge on any atom is 0.289 e. The van der Waals surface area contributed by atoms with Crippen LogP contribution in [0.4, 0.5) is 5.82 Å². The average molecular weight is 342 g/mol. The number of pyridine rings is 1. The van der Waals surface area contributed by atoms with Crippen LogP contribution in [0.1, 0.15) is 39.5 Å². The van der Waals surface area contributed by atoms with Gasteiger partial charge in [-0.05, 0) is 37.1 Å². The summed E-state index contributed by atoms with van der Waals surface area (Å²) in [5, 5.41) is 3.13. The maximum atomic E-state index is 12.4. The maximum absolute atomic E-state index is 12.4. The quantitative estimate of drug-likeness (QED) is 0.901. The second-order valence-electron chi connectivity index (χ2n) is 6.25. The van der Waals surface area contributed by atoms with Crippen LogP contribution in [0.2, 0.25) is 0 Å². The van der Waals surface area contributed by atoms with Crippen molar-refractivity contribution in [1.29, 1.82) is 0 Å². The van der Waals surface area contributed by atoms with E-state index < -0.39 is 0 Å². The molecule has 0 aliphatic carbocycles. The minimum absolute atomic E-state index is 0.0415. The first-order chi connectivity index (χ1) is 12.0. The van der Waals surface area contributed by atoms with Gasteiger partial charge in [-0.15, -0.1) is 0 Å². The Hall–Kier alpha value is -2.83. The highest BCUT2D eigenvalue weighted by atomic mass is 16.4. The fraction of sp³-hybridized carbons (Fsp3) is 0.389. The van der Waals surface area contributed by atoms with Crippen molar-refractivity contribution < 1.29 is 14.0 Å². The Kier molecular flexibility index (Phi) is 5.02. The van der Waals surface area contributed by atoms with Crippen LogP contribution in [0.5, 0.6) is 0 Å². The molecule has 1 N–H and O–H groups in total. The van der Waals surface area contributed by atoms with E-state index in [4.69, 9.17) is 4.42 Å². The van der Waals surface area contributed by atoms with Gasteiger partial charge >= 0.3 is 0 Å². The third kappa shape index (κ3) is 3.99. The van der Waals surface area contributed by atoms with Crippen molar-refractivity contribution in [3.8, 4) is 0 Å². The number of furan rings is 1. The standard InChI is InChI=1S/C18H22N4O3/c1-21(2)18(24)15-6-5-14(25-15)12-20-16-11-13(7-8-19-16)17(23)22-9-3-4-10-22/h5-8,11H,3-4,9-10,12H2,1-2H3,(H,19,20). The molecule has 0 radical (unpaired) electrons. The number of carbonyl (C=O) groups is 2. The molecular weight excluding hydrogens is 320 g/mol. The predicted molar refractivity (Wildman–Crippen MR) is 93.4 cm³/mol. The number of carbonyl (C=O) groups excluding carboxylic acids is 2. The lowest BCUT2D eigenvalue weighted by Crippen LogP contribution is -2.27. The van der Waals surface area contributed by atoms with Gasteiger partial charge in [0.15, 0.2) is 5.76 Å². The normalized spacial score (nSPS) is 13.8. The van der Waals surface area contributed by atoms with Crippen molar-refractivity contribution in [3.63, 3.8) is 0 Å². The van der Waals surface area contributed by atoms with E-state index in [0.717, 1.165) is 25.9 Å². The summed E-state index contributed by atoms with van der Waals surface area (Å²) in [7, 11) is 3.35. The molecule has 0 unspecified atom stereocenters. The van der Waals surface area contributed by atoms with E-state index in [1.807, 2.05) is 4.90 Å². The molecule has 1 fully saturated rings. The molecule has 7 heteroatoms. The van der Waals surface area contributed by atoms with Gasteiger partial charge in [0, 0.05) is 38.9 Å². The average Bonchev–Trinajstić information content (AvgIpc) is 3.30. The van der Waals surface area contributed by atoms with Crippen LogP contribution in [0, 0.1) is 0 Å². The van der Waals surface area contributed by atoms with Crippen LogP contribution in [-0.4, -0.2) is 53.8 Å². The van der Waals surface area contributed by atoms with E-state index in [1.165, 1.54) is 4.90 Å². The molecule has 0 aromatic carbocycles. The molecule has 132 valence electrons. The summed E-state index contributed by atoms with van der Waals surface area (Å²) < 4.78 is 5.53. The number of amides is 2. The van der Waals surface area contributed by atoms with Crippen molar-refractivity contribution >= 4 is 17.6 Å². The molecule has 3 rings (SSSR count). The Morgan fingerprint density at radius 2 is 2.00 bits per heavy atom. The lowest BCUT2D eigenvalue weighted by atomic mass is 10.2. The second kappa shape index (κ2) is 7.38. The van der Waals surface area contributed by atoms with Gasteiger partial charge in [-0.2, -0.15) is 0 Å². The molecule has 0 atom stereocenters. The van der Waals surface area contributed by atoms with Gasteiger partial charge in [-0.25, -0.2) is 4.98 Å². The molecule has 1 aliphatic rings. The van der Waals surface area contributed by atoms with Crippen molar-refractivity contribution in [2.75, 3.05) is 32.5 Å². The van der Waals surface area contributed by atoms with E-state index in [2.05, 4.69) is 10.3 Å². The van der Waals surface area contributed by atoms with Crippen LogP contribution >= 0.6 is 0 Å². The molecule has 3 heterocycles. The molecule has 0 spiro atoms. The molecule has 0 saturated carbocycles. The van der Waals surface area contributed by atoms with E-state index in [1.54, 1.807) is 44.6 Å². The minimum Gasteiger partial charge on any atom is -0.454 e. The van der Waals surface area contributed by atoms with E-state index >= 15 is 0 Å². The molecule has 7 nitrogen and oxygen atoms in total. The summed E-state index contributed by atoms with van der Waals surface area (Å²) in [6, 6.07) is 6.88. The largest absolute Gasteiger partial charge is 0.454 e. The van der Waals surface area contributed by atoms with Crippen molar-refractivity contribution in [3.05, 3.63) is 47.5 Å². The zero-order valence-corrected chi connectivity index (χ0v) is 14.5. The van der Waals surface area contributed by atoms with Gasteiger partial charge in [0.05, 0.1) is 6.54 Å². The van der Waals surface area contributed by atoms with E-state index in [9.17, 15) is 9.59 Å². The first-order valence-electron chi connectivity index (χ1n) is 8.34. The van der Waals surface area contributed by atoms with Gasteiger partial charge < -0.3 is 19.5 Å². The molecular formula is C18H22N4O3. The zero-order chi connectivity index (χ0) is 17.8. The Morgan fingerprint density at radius 3 is 2.72 bits per heavy atom. The summed E-state index contributed by atoms with van der Waals surface area (Å²) in [4.78, 5) is 31.8. The summed E-state index contributed by atoms with van der Waals surface area (Å²) in [6.07, 6.45) is 3.75. The third-order valence-electron chi connectivity index (χ3n) is 4.12. The molecule has 1 aliphatic heterocycles. The fourth-order valence-electron chi connectivity index (χ4n) is 2.75. The summed E-state index contributed by atoms with van der Waals surface area (Å²) in [6.45, 7) is 2.02. The van der Waals surface area contributed by atoms with Crippen LogP contribution in [0.15, 0.2) is 34.9 Å². The third-order valence-corrected chi connectivity index (χ3v) is 4.12. The lowest BCUT2D eigenvalue weighted by molar-refractivity contribution is 0.0786. The number of rotatable bonds is 5. The van der Waals surface area contributed by atoms with Crippen LogP contribution in [0.3, 0.4) is 0 Å². The van der Waals surface area contributed by atoms with Gasteiger partial charge in [-0.1, -0.05) is 0 Å². The number of aromatic nitrogens is 1. The van der Waals surface area contributed by atoms with Crippen molar-refractivity contribution in [1.82, 2.24) is 14.8 Å². The summed E-state index contributed by atoms with van der Waals surface area (Å²) in [5.41, 5.74) is 0.627. The smallest absolute Gasteiger partial charge is 0.289 e. The highest BCUT2D eigenvalue weighted by Gasteiger charge is 2.19. The number of likely N-dealkylation sites (tertiary alicyclic amines) is 1. The number of nitrogens with one attached hydrogen (secondary N) is 1. The topological polar surface area (TPSA) is 78.7 Å². The SMILES string of the molecule is CN(C)C(=O)c1ccc(CNc2cc(C(=O)N3CCCC3)ccn2)o1. The number of anilines is 1. The van der Waals surface area contributed by atoms with E-state index in [0.29, 0.717) is 29.4 Å². The molecule has 1 saturated heterocycles. The molecule has 2 aromatic heterocycles. The van der Waals surface area contributed by atoms with Crippen LogP contribution in [-0.2, 0) is 6.54 Å². The predicted octanol–water partition coefficient (Wildman–Crippen LogP) is 2.22. The van der Waals surface area contributed by atoms with Gasteiger partial charge in [0.25, 0.3) is 11.8 Å². The Bertz CT molecular complexity index is 763. The lowest BCUT2D eigenvalue weighted by Gasteiger charge is -2.15. The van der Waals surface area contributed by atoms with Gasteiger partial charge in [0.1, 0.15) is 11.6 Å². The number of hydrogen-bond acceptors (Lipinski definition) is 5. The monoisotopic (exact) mass is 342 g/mol. The molecule has 25 heavy (non-hydrogen) atoms. The van der Waals surface area contributed by atoms with Crippen molar-refractivity contribution in [2.24, 2.45) is 0 Å². The fourth-order valence-corrected chi connectivity index (χ4v) is 2.75. The summed E-state index contributed by atoms with van der Waals surface area (Å²) in [5.74, 6) is 1.39. The highest BCUT2D eigenvalue weighted by Crippen LogP contribution is 2.16. The van der Waals surface area contributed by atoms with Crippen LogP contribution in [0.25, 0.3) is 0 Å².